The van der Waals surface area contributed by atoms with Gasteiger partial charge in [-0.05, 0) is 13.0 Å². The minimum absolute atomic E-state index is 0.362. The number of esters is 1. The summed E-state index contributed by atoms with van der Waals surface area (Å²) in [5.41, 5.74) is 5.86. The number of carbonyl (C=O) groups is 1. The van der Waals surface area contributed by atoms with Crippen molar-refractivity contribution >= 4 is 5.97 Å². The molecule has 0 bridgehead atoms. The van der Waals surface area contributed by atoms with Crippen LogP contribution in [-0.4, -0.2) is 29.2 Å². The van der Waals surface area contributed by atoms with Gasteiger partial charge in [-0.2, -0.15) is 0 Å². The molecule has 0 saturated heterocycles. The van der Waals surface area contributed by atoms with Crippen molar-refractivity contribution in [3.8, 4) is 0 Å². The van der Waals surface area contributed by atoms with E-state index in [-0.39, 0.29) is 5.97 Å². The van der Waals surface area contributed by atoms with E-state index in [4.69, 9.17) is 5.73 Å². The third-order valence-electron chi connectivity index (χ3n) is 2.08. The lowest BCUT2D eigenvalue weighted by molar-refractivity contribution is 0.0589. The predicted molar refractivity (Wildman–Crippen MR) is 51.9 cm³/mol. The standard InChI is InChI=1S/C9H15N3O2/c1-12-7(9(13)14-2)6-11-8(12)4-3-5-10/h6H,3-5,10H2,1-2H3. The number of hydrogen-bond donors (Lipinski definition) is 1. The van der Waals surface area contributed by atoms with Crippen molar-refractivity contribution in [1.29, 1.82) is 0 Å². The molecule has 0 amide bonds. The number of ether oxygens (including phenoxy) is 1. The summed E-state index contributed by atoms with van der Waals surface area (Å²) in [7, 11) is 3.15. The van der Waals surface area contributed by atoms with Crippen LogP contribution < -0.4 is 5.73 Å². The molecule has 0 saturated carbocycles. The molecule has 0 aromatic carbocycles. The molecule has 5 nitrogen and oxygen atoms in total. The molecule has 0 fully saturated rings. The molecule has 0 unspecified atom stereocenters. The highest BCUT2D eigenvalue weighted by Crippen LogP contribution is 2.06. The average molecular weight is 197 g/mol. The maximum Gasteiger partial charge on any atom is 0.356 e. The molecule has 0 aliphatic carbocycles. The second-order valence-electron chi connectivity index (χ2n) is 3.00. The van der Waals surface area contributed by atoms with Crippen molar-refractivity contribution in [2.24, 2.45) is 12.8 Å². The van der Waals surface area contributed by atoms with Gasteiger partial charge in [0.25, 0.3) is 0 Å². The maximum atomic E-state index is 11.2. The molecular weight excluding hydrogens is 182 g/mol. The van der Waals surface area contributed by atoms with Crippen LogP contribution in [0.5, 0.6) is 0 Å². The Morgan fingerprint density at radius 3 is 3.00 bits per heavy atom. The molecule has 1 rings (SSSR count). The van der Waals surface area contributed by atoms with E-state index in [9.17, 15) is 4.79 Å². The zero-order valence-electron chi connectivity index (χ0n) is 8.49. The summed E-state index contributed by atoms with van der Waals surface area (Å²) in [4.78, 5) is 15.3. The number of hydrogen-bond acceptors (Lipinski definition) is 4. The summed E-state index contributed by atoms with van der Waals surface area (Å²) in [5.74, 6) is 0.495. The zero-order chi connectivity index (χ0) is 10.6. The van der Waals surface area contributed by atoms with Gasteiger partial charge in [0.15, 0.2) is 0 Å². The Balaban J connectivity index is 2.80. The number of aryl methyl sites for hydroxylation is 1. The fraction of sp³-hybridized carbons (Fsp3) is 0.556. The van der Waals surface area contributed by atoms with Crippen LogP contribution in [0.1, 0.15) is 22.7 Å². The largest absolute Gasteiger partial charge is 0.464 e. The molecule has 1 aromatic heterocycles. The van der Waals surface area contributed by atoms with E-state index in [0.717, 1.165) is 18.7 Å². The molecule has 78 valence electrons. The number of methoxy groups -OCH3 is 1. The van der Waals surface area contributed by atoms with Crippen LogP contribution in [0.25, 0.3) is 0 Å². The average Bonchev–Trinajstić information content (AvgIpc) is 2.56. The van der Waals surface area contributed by atoms with Crippen LogP contribution in [0.4, 0.5) is 0 Å². The Hall–Kier alpha value is -1.36. The molecule has 2 N–H and O–H groups in total. The monoisotopic (exact) mass is 197 g/mol. The third kappa shape index (κ3) is 2.11. The van der Waals surface area contributed by atoms with Crippen LogP contribution in [0.15, 0.2) is 6.20 Å². The van der Waals surface area contributed by atoms with Crippen molar-refractivity contribution in [2.45, 2.75) is 12.8 Å². The Labute approximate surface area is 82.9 Å². The Morgan fingerprint density at radius 1 is 1.71 bits per heavy atom. The zero-order valence-corrected chi connectivity index (χ0v) is 8.49. The van der Waals surface area contributed by atoms with Crippen LogP contribution in [0, 0.1) is 0 Å². The molecule has 1 heterocycles. The van der Waals surface area contributed by atoms with Crippen molar-refractivity contribution in [1.82, 2.24) is 9.55 Å². The minimum Gasteiger partial charge on any atom is -0.464 e. The second kappa shape index (κ2) is 4.76. The SMILES string of the molecule is COC(=O)c1cnc(CCCN)n1C. The molecule has 1 aromatic rings. The highest BCUT2D eigenvalue weighted by Gasteiger charge is 2.13. The van der Waals surface area contributed by atoms with Gasteiger partial charge in [0.1, 0.15) is 11.5 Å². The maximum absolute atomic E-state index is 11.2. The Bertz CT molecular complexity index is 320. The van der Waals surface area contributed by atoms with Crippen LogP contribution in [-0.2, 0) is 18.2 Å². The van der Waals surface area contributed by atoms with Gasteiger partial charge in [0.2, 0.25) is 0 Å². The highest BCUT2D eigenvalue weighted by atomic mass is 16.5. The molecule has 0 spiro atoms. The number of nitrogens with zero attached hydrogens (tertiary/aromatic N) is 2. The van der Waals surface area contributed by atoms with Gasteiger partial charge in [-0.1, -0.05) is 0 Å². The minimum atomic E-state index is -0.362. The van der Waals surface area contributed by atoms with E-state index in [1.54, 1.807) is 11.6 Å². The van der Waals surface area contributed by atoms with Crippen molar-refractivity contribution in [3.05, 3.63) is 17.7 Å². The van der Waals surface area contributed by atoms with Gasteiger partial charge in [-0.3, -0.25) is 0 Å². The summed E-state index contributed by atoms with van der Waals surface area (Å²) in [5, 5.41) is 0. The number of nitrogens with two attached hydrogens (primary N) is 1. The first-order chi connectivity index (χ1) is 6.70. The van der Waals surface area contributed by atoms with Crippen molar-refractivity contribution < 1.29 is 9.53 Å². The van der Waals surface area contributed by atoms with E-state index < -0.39 is 0 Å². The summed E-state index contributed by atoms with van der Waals surface area (Å²) in [6.07, 6.45) is 3.17. The second-order valence-corrected chi connectivity index (χ2v) is 3.00. The first-order valence-corrected chi connectivity index (χ1v) is 4.49. The van der Waals surface area contributed by atoms with Gasteiger partial charge >= 0.3 is 5.97 Å². The van der Waals surface area contributed by atoms with E-state index >= 15 is 0 Å². The molecule has 0 aliphatic rings. The van der Waals surface area contributed by atoms with Crippen LogP contribution >= 0.6 is 0 Å². The highest BCUT2D eigenvalue weighted by molar-refractivity contribution is 5.87. The summed E-state index contributed by atoms with van der Waals surface area (Å²) in [6.45, 7) is 0.625. The number of aromatic nitrogens is 2. The molecule has 14 heavy (non-hydrogen) atoms. The first kappa shape index (κ1) is 10.7. The van der Waals surface area contributed by atoms with Crippen molar-refractivity contribution in [2.75, 3.05) is 13.7 Å². The first-order valence-electron chi connectivity index (χ1n) is 4.49. The van der Waals surface area contributed by atoms with E-state index in [1.807, 2.05) is 0 Å². The lowest BCUT2D eigenvalue weighted by Gasteiger charge is -2.03. The fourth-order valence-electron chi connectivity index (χ4n) is 1.23. The molecule has 0 radical (unpaired) electrons. The molecule has 0 aliphatic heterocycles. The van der Waals surface area contributed by atoms with Gasteiger partial charge < -0.3 is 15.0 Å². The summed E-state index contributed by atoms with van der Waals surface area (Å²) >= 11 is 0. The van der Waals surface area contributed by atoms with Gasteiger partial charge in [0.05, 0.1) is 13.3 Å². The number of rotatable bonds is 4. The fourth-order valence-corrected chi connectivity index (χ4v) is 1.23. The number of imidazole rings is 1. The number of carbonyl (C=O) groups excluding carboxylic acids is 1. The smallest absolute Gasteiger partial charge is 0.356 e. The van der Waals surface area contributed by atoms with Gasteiger partial charge in [0, 0.05) is 13.5 Å². The topological polar surface area (TPSA) is 70.1 Å². The molecule has 5 heteroatoms. The molecule has 0 atom stereocenters. The Morgan fingerprint density at radius 2 is 2.43 bits per heavy atom. The quantitative estimate of drug-likeness (QED) is 0.695. The van der Waals surface area contributed by atoms with Crippen LogP contribution in [0.2, 0.25) is 0 Å². The van der Waals surface area contributed by atoms with Crippen LogP contribution in [0.3, 0.4) is 0 Å². The lowest BCUT2D eigenvalue weighted by Crippen LogP contribution is -2.10. The predicted octanol–water partition coefficient (Wildman–Crippen LogP) is 0.0980. The summed E-state index contributed by atoms with van der Waals surface area (Å²) < 4.78 is 6.35. The van der Waals surface area contributed by atoms with Crippen molar-refractivity contribution in [3.63, 3.8) is 0 Å². The Kier molecular flexibility index (Phi) is 3.64. The van der Waals surface area contributed by atoms with Gasteiger partial charge in [-0.15, -0.1) is 0 Å². The lowest BCUT2D eigenvalue weighted by atomic mass is 10.3. The van der Waals surface area contributed by atoms with E-state index in [2.05, 4.69) is 9.72 Å². The van der Waals surface area contributed by atoms with Gasteiger partial charge in [-0.25, -0.2) is 9.78 Å². The van der Waals surface area contributed by atoms with E-state index in [1.165, 1.54) is 13.3 Å². The normalized spacial score (nSPS) is 10.2. The molecular formula is C9H15N3O2. The third-order valence-corrected chi connectivity index (χ3v) is 2.08. The summed E-state index contributed by atoms with van der Waals surface area (Å²) in [6, 6.07) is 0. The van der Waals surface area contributed by atoms with E-state index in [0.29, 0.717) is 12.2 Å².